The minimum absolute atomic E-state index is 0.0652. The zero-order valence-electron chi connectivity index (χ0n) is 19.9. The molecule has 0 saturated carbocycles. The van der Waals surface area contributed by atoms with Gasteiger partial charge in [-0.2, -0.15) is 0 Å². The van der Waals surface area contributed by atoms with Crippen LogP contribution in [-0.2, 0) is 9.59 Å². The first-order valence-electron chi connectivity index (χ1n) is 11.4. The van der Waals surface area contributed by atoms with E-state index in [2.05, 4.69) is 9.97 Å². The predicted molar refractivity (Wildman–Crippen MR) is 131 cm³/mol. The van der Waals surface area contributed by atoms with Crippen LogP contribution in [0.4, 0.5) is 5.95 Å². The summed E-state index contributed by atoms with van der Waals surface area (Å²) in [6.07, 6.45) is 0. The third-order valence-corrected chi connectivity index (χ3v) is 6.08. The maximum absolute atomic E-state index is 13.3. The van der Waals surface area contributed by atoms with Crippen LogP contribution in [0.15, 0.2) is 58.5 Å². The maximum atomic E-state index is 13.3. The molecule has 1 atom stereocenters. The third kappa shape index (κ3) is 3.77. The van der Waals surface area contributed by atoms with Gasteiger partial charge >= 0.3 is 5.91 Å². The number of furan rings is 1. The van der Waals surface area contributed by atoms with E-state index in [-0.39, 0.29) is 17.3 Å². The minimum atomic E-state index is -0.989. The van der Waals surface area contributed by atoms with Crippen LogP contribution in [0.3, 0.4) is 0 Å². The van der Waals surface area contributed by atoms with Gasteiger partial charge in [-0.05, 0) is 81.3 Å². The number of ether oxygens (including phenoxy) is 1. The first-order valence-corrected chi connectivity index (χ1v) is 11.4. The number of aryl methyl sites for hydroxylation is 3. The number of aromatic nitrogens is 2. The zero-order valence-corrected chi connectivity index (χ0v) is 19.9. The summed E-state index contributed by atoms with van der Waals surface area (Å²) in [6.45, 7) is 7.97. The van der Waals surface area contributed by atoms with Crippen LogP contribution in [0, 0.1) is 20.8 Å². The number of nitrogens with zero attached hydrogens (tertiary/aromatic N) is 2. The van der Waals surface area contributed by atoms with Gasteiger partial charge in [0.25, 0.3) is 5.78 Å². The SMILES string of the molecule is CCOc1ccc(/C(O)=C2\C(=O)C(=O)N(c3nc4ccc(C)cc4[nH]3)C2c2ccc(C)o2)cc1C. The number of ketones is 1. The number of carbonyl (C=O) groups excluding carboxylic acids is 2. The van der Waals surface area contributed by atoms with Crippen molar-refractivity contribution in [2.24, 2.45) is 0 Å². The van der Waals surface area contributed by atoms with Crippen molar-refractivity contribution in [1.29, 1.82) is 0 Å². The number of anilines is 1. The van der Waals surface area contributed by atoms with Crippen LogP contribution in [0.2, 0.25) is 0 Å². The molecule has 8 heteroatoms. The Hall–Kier alpha value is -4.33. The number of hydrogen-bond donors (Lipinski definition) is 2. The number of H-pyrrole nitrogens is 1. The molecule has 4 aromatic rings. The molecule has 1 amide bonds. The van der Waals surface area contributed by atoms with Crippen molar-refractivity contribution in [3.05, 3.63) is 82.3 Å². The molecule has 0 spiro atoms. The fraction of sp³-hybridized carbons (Fsp3) is 0.222. The Kier molecular flexibility index (Phi) is 5.43. The zero-order chi connectivity index (χ0) is 24.9. The van der Waals surface area contributed by atoms with Gasteiger partial charge in [0, 0.05) is 5.56 Å². The Morgan fingerprint density at radius 2 is 1.91 bits per heavy atom. The van der Waals surface area contributed by atoms with Crippen LogP contribution in [0.5, 0.6) is 5.75 Å². The second-order valence-electron chi connectivity index (χ2n) is 8.61. The van der Waals surface area contributed by atoms with Gasteiger partial charge in [0.05, 0.1) is 23.2 Å². The number of amides is 1. The lowest BCUT2D eigenvalue weighted by atomic mass is 9.98. The molecule has 2 aromatic carbocycles. The molecule has 3 heterocycles. The highest BCUT2D eigenvalue weighted by atomic mass is 16.5. The Labute approximate surface area is 201 Å². The minimum Gasteiger partial charge on any atom is -0.507 e. The summed E-state index contributed by atoms with van der Waals surface area (Å²) in [5.41, 5.74) is 3.55. The molecule has 35 heavy (non-hydrogen) atoms. The highest BCUT2D eigenvalue weighted by Gasteiger charge is 2.49. The molecule has 1 saturated heterocycles. The van der Waals surface area contributed by atoms with Crippen molar-refractivity contribution in [1.82, 2.24) is 9.97 Å². The van der Waals surface area contributed by atoms with Crippen molar-refractivity contribution in [3.63, 3.8) is 0 Å². The molecule has 1 aliphatic heterocycles. The van der Waals surface area contributed by atoms with Crippen molar-refractivity contribution < 1.29 is 23.8 Å². The summed E-state index contributed by atoms with van der Waals surface area (Å²) in [7, 11) is 0. The monoisotopic (exact) mass is 471 g/mol. The summed E-state index contributed by atoms with van der Waals surface area (Å²) in [5, 5.41) is 11.3. The molecule has 1 fully saturated rings. The fourth-order valence-electron chi connectivity index (χ4n) is 4.41. The van der Waals surface area contributed by atoms with E-state index in [0.29, 0.717) is 35.0 Å². The van der Waals surface area contributed by atoms with E-state index < -0.39 is 17.7 Å². The standard InChI is InChI=1S/C27H25N3O5/c1-5-34-20-11-8-17(13-15(20)3)24(31)22-23(21-10-7-16(4)35-21)30(26(33)25(22)32)27-28-18-9-6-14(2)12-19(18)29-27/h6-13,23,31H,5H2,1-4H3,(H,28,29)/b24-22+. The van der Waals surface area contributed by atoms with E-state index in [1.165, 1.54) is 4.90 Å². The molecule has 0 radical (unpaired) electrons. The predicted octanol–water partition coefficient (Wildman–Crippen LogP) is 5.11. The van der Waals surface area contributed by atoms with Crippen LogP contribution >= 0.6 is 0 Å². The second-order valence-corrected chi connectivity index (χ2v) is 8.61. The molecule has 2 N–H and O–H groups in total. The lowest BCUT2D eigenvalue weighted by molar-refractivity contribution is -0.132. The van der Waals surface area contributed by atoms with E-state index in [9.17, 15) is 14.7 Å². The molecule has 8 nitrogen and oxygen atoms in total. The van der Waals surface area contributed by atoms with Crippen molar-refractivity contribution in [2.45, 2.75) is 33.7 Å². The molecule has 1 aliphatic rings. The quantitative estimate of drug-likeness (QED) is 0.238. The number of fused-ring (bicyclic) bond motifs is 1. The summed E-state index contributed by atoms with van der Waals surface area (Å²) in [6, 6.07) is 13.3. The number of hydrogen-bond acceptors (Lipinski definition) is 6. The Bertz CT molecular complexity index is 1510. The second kappa shape index (κ2) is 8.47. The van der Waals surface area contributed by atoms with Gasteiger partial charge in [-0.25, -0.2) is 4.98 Å². The Morgan fingerprint density at radius 1 is 1.11 bits per heavy atom. The van der Waals surface area contributed by atoms with Crippen molar-refractivity contribution in [3.8, 4) is 5.75 Å². The number of aliphatic hydroxyl groups is 1. The van der Waals surface area contributed by atoms with Crippen molar-refractivity contribution in [2.75, 3.05) is 11.5 Å². The van der Waals surface area contributed by atoms with Gasteiger partial charge in [-0.15, -0.1) is 0 Å². The lowest BCUT2D eigenvalue weighted by Gasteiger charge is -2.20. The third-order valence-electron chi connectivity index (χ3n) is 6.08. The first-order chi connectivity index (χ1) is 16.8. The average Bonchev–Trinajstić information content (AvgIpc) is 3.50. The van der Waals surface area contributed by atoms with Gasteiger partial charge < -0.3 is 19.2 Å². The first kappa shape index (κ1) is 22.5. The highest BCUT2D eigenvalue weighted by molar-refractivity contribution is 6.51. The number of rotatable bonds is 5. The van der Waals surface area contributed by atoms with Gasteiger partial charge in [-0.1, -0.05) is 6.07 Å². The number of nitrogens with one attached hydrogen (secondary N) is 1. The molecule has 5 rings (SSSR count). The van der Waals surface area contributed by atoms with E-state index >= 15 is 0 Å². The number of benzene rings is 2. The van der Waals surface area contributed by atoms with Crippen LogP contribution in [0.1, 0.15) is 41.2 Å². The Morgan fingerprint density at radius 3 is 2.60 bits per heavy atom. The average molecular weight is 472 g/mol. The molecular formula is C27H25N3O5. The van der Waals surface area contributed by atoms with E-state index in [0.717, 1.165) is 16.6 Å². The molecular weight excluding hydrogens is 446 g/mol. The van der Waals surface area contributed by atoms with Gasteiger partial charge in [0.1, 0.15) is 29.1 Å². The van der Waals surface area contributed by atoms with E-state index in [4.69, 9.17) is 9.15 Å². The van der Waals surface area contributed by atoms with E-state index in [1.54, 1.807) is 37.3 Å². The largest absolute Gasteiger partial charge is 0.507 e. The number of imidazole rings is 1. The molecule has 1 unspecified atom stereocenters. The number of aromatic amines is 1. The topological polar surface area (TPSA) is 109 Å². The van der Waals surface area contributed by atoms with Crippen LogP contribution in [-0.4, -0.2) is 33.4 Å². The van der Waals surface area contributed by atoms with Gasteiger partial charge in [0.15, 0.2) is 0 Å². The van der Waals surface area contributed by atoms with Crippen LogP contribution in [0.25, 0.3) is 16.8 Å². The highest BCUT2D eigenvalue weighted by Crippen LogP contribution is 2.42. The number of carbonyl (C=O) groups is 2. The summed E-state index contributed by atoms with van der Waals surface area (Å²) >= 11 is 0. The smallest absolute Gasteiger partial charge is 0.302 e. The molecule has 0 bridgehead atoms. The van der Waals surface area contributed by atoms with Crippen LogP contribution < -0.4 is 9.64 Å². The molecule has 2 aromatic heterocycles. The summed E-state index contributed by atoms with van der Waals surface area (Å²) in [4.78, 5) is 35.6. The maximum Gasteiger partial charge on any atom is 0.302 e. The molecule has 178 valence electrons. The normalized spacial score (nSPS) is 17.5. The van der Waals surface area contributed by atoms with Gasteiger partial charge in [0.2, 0.25) is 5.95 Å². The number of aliphatic hydroxyl groups excluding tert-OH is 1. The van der Waals surface area contributed by atoms with Crippen molar-refractivity contribution >= 4 is 34.4 Å². The lowest BCUT2D eigenvalue weighted by Crippen LogP contribution is -2.30. The summed E-state index contributed by atoms with van der Waals surface area (Å²) < 4.78 is 11.4. The Balaban J connectivity index is 1.69. The number of Topliss-reactive ketones (excluding diaryl/α,β-unsaturated/α-hetero) is 1. The summed E-state index contributed by atoms with van der Waals surface area (Å²) in [5.74, 6) is -0.0593. The van der Waals surface area contributed by atoms with Gasteiger partial charge in [-0.3, -0.25) is 14.5 Å². The molecule has 0 aliphatic carbocycles. The van der Waals surface area contributed by atoms with E-state index in [1.807, 2.05) is 39.0 Å². The fourth-order valence-corrected chi connectivity index (χ4v) is 4.41.